The van der Waals surface area contributed by atoms with E-state index < -0.39 is 0 Å². The standard InChI is InChI=1S/C14H20N4/c1-5-12-10(3)17-18(11(12)4)14-13(8-15)9(2)6-7-16-14/h6-7H,5,8,15H2,1-4H3. The minimum absolute atomic E-state index is 0.481. The molecule has 0 saturated carbocycles. The lowest BCUT2D eigenvalue weighted by molar-refractivity contribution is 0.784. The molecule has 2 rings (SSSR count). The van der Waals surface area contributed by atoms with Gasteiger partial charge in [0.05, 0.1) is 5.69 Å². The van der Waals surface area contributed by atoms with E-state index in [1.165, 1.54) is 5.56 Å². The molecule has 0 amide bonds. The van der Waals surface area contributed by atoms with Gasteiger partial charge in [0.1, 0.15) is 0 Å². The SMILES string of the molecule is CCc1c(C)nn(-c2nccc(C)c2CN)c1C. The predicted molar refractivity (Wildman–Crippen MR) is 72.8 cm³/mol. The van der Waals surface area contributed by atoms with E-state index in [2.05, 4.69) is 30.9 Å². The van der Waals surface area contributed by atoms with Crippen LogP contribution in [0, 0.1) is 20.8 Å². The second-order valence-corrected chi connectivity index (χ2v) is 4.55. The van der Waals surface area contributed by atoms with Crippen LogP contribution in [0.4, 0.5) is 0 Å². The Balaban J connectivity index is 2.66. The number of pyridine rings is 1. The van der Waals surface area contributed by atoms with Gasteiger partial charge in [-0.1, -0.05) is 6.92 Å². The van der Waals surface area contributed by atoms with E-state index in [1.54, 1.807) is 0 Å². The van der Waals surface area contributed by atoms with Crippen molar-refractivity contribution in [1.29, 1.82) is 0 Å². The van der Waals surface area contributed by atoms with E-state index in [0.717, 1.165) is 34.8 Å². The van der Waals surface area contributed by atoms with Gasteiger partial charge in [-0.15, -0.1) is 0 Å². The van der Waals surface area contributed by atoms with Crippen LogP contribution in [0.3, 0.4) is 0 Å². The van der Waals surface area contributed by atoms with Crippen LogP contribution in [0.1, 0.15) is 35.0 Å². The largest absolute Gasteiger partial charge is 0.326 e. The van der Waals surface area contributed by atoms with Gasteiger partial charge in [-0.05, 0) is 44.4 Å². The average Bonchev–Trinajstić information content (AvgIpc) is 2.64. The summed E-state index contributed by atoms with van der Waals surface area (Å²) in [6.07, 6.45) is 2.80. The quantitative estimate of drug-likeness (QED) is 0.900. The van der Waals surface area contributed by atoms with Gasteiger partial charge in [0.15, 0.2) is 5.82 Å². The first-order valence-corrected chi connectivity index (χ1v) is 6.30. The van der Waals surface area contributed by atoms with Crippen LogP contribution in [0.25, 0.3) is 5.82 Å². The summed E-state index contributed by atoms with van der Waals surface area (Å²) in [6.45, 7) is 8.81. The van der Waals surface area contributed by atoms with Crippen molar-refractivity contribution in [3.8, 4) is 5.82 Å². The molecule has 4 nitrogen and oxygen atoms in total. The molecule has 2 aromatic rings. The molecular weight excluding hydrogens is 224 g/mol. The summed E-state index contributed by atoms with van der Waals surface area (Å²) in [5.41, 5.74) is 11.6. The molecule has 18 heavy (non-hydrogen) atoms. The molecule has 0 radical (unpaired) electrons. The van der Waals surface area contributed by atoms with Gasteiger partial charge < -0.3 is 5.73 Å². The highest BCUT2D eigenvalue weighted by molar-refractivity contribution is 5.41. The molecule has 2 aromatic heterocycles. The van der Waals surface area contributed by atoms with Gasteiger partial charge in [0.2, 0.25) is 0 Å². The Morgan fingerprint density at radius 1 is 1.22 bits per heavy atom. The van der Waals surface area contributed by atoms with Crippen molar-refractivity contribution in [2.75, 3.05) is 0 Å². The summed E-state index contributed by atoms with van der Waals surface area (Å²) in [4.78, 5) is 4.45. The highest BCUT2D eigenvalue weighted by atomic mass is 15.3. The number of nitrogens with zero attached hydrogens (tertiary/aromatic N) is 3. The van der Waals surface area contributed by atoms with Crippen LogP contribution in [0.5, 0.6) is 0 Å². The van der Waals surface area contributed by atoms with Crippen molar-refractivity contribution in [1.82, 2.24) is 14.8 Å². The van der Waals surface area contributed by atoms with Crippen LogP contribution in [-0.2, 0) is 13.0 Å². The number of nitrogens with two attached hydrogens (primary N) is 1. The normalized spacial score (nSPS) is 10.9. The smallest absolute Gasteiger partial charge is 0.158 e. The molecule has 0 aromatic carbocycles. The van der Waals surface area contributed by atoms with Gasteiger partial charge in [0.25, 0.3) is 0 Å². The van der Waals surface area contributed by atoms with E-state index in [9.17, 15) is 0 Å². The zero-order valence-electron chi connectivity index (χ0n) is 11.5. The van der Waals surface area contributed by atoms with E-state index in [-0.39, 0.29) is 0 Å². The van der Waals surface area contributed by atoms with Crippen molar-refractivity contribution in [2.24, 2.45) is 5.73 Å². The molecule has 0 saturated heterocycles. The molecule has 4 heteroatoms. The van der Waals surface area contributed by atoms with Crippen LogP contribution in [-0.4, -0.2) is 14.8 Å². The van der Waals surface area contributed by atoms with E-state index >= 15 is 0 Å². The van der Waals surface area contributed by atoms with Crippen LogP contribution in [0.15, 0.2) is 12.3 Å². The fourth-order valence-corrected chi connectivity index (χ4v) is 2.40. The maximum atomic E-state index is 5.84. The third kappa shape index (κ3) is 1.93. The summed E-state index contributed by atoms with van der Waals surface area (Å²) < 4.78 is 1.92. The highest BCUT2D eigenvalue weighted by Gasteiger charge is 2.15. The summed E-state index contributed by atoms with van der Waals surface area (Å²) in [6, 6.07) is 1.98. The number of aryl methyl sites for hydroxylation is 2. The van der Waals surface area contributed by atoms with E-state index in [0.29, 0.717) is 6.54 Å². The molecule has 0 aliphatic carbocycles. The molecule has 0 atom stereocenters. The Kier molecular flexibility index (Phi) is 3.48. The number of rotatable bonds is 3. The first-order chi connectivity index (χ1) is 8.60. The van der Waals surface area contributed by atoms with Crippen molar-refractivity contribution in [3.63, 3.8) is 0 Å². The maximum Gasteiger partial charge on any atom is 0.158 e. The lowest BCUT2D eigenvalue weighted by atomic mass is 10.1. The number of hydrogen-bond donors (Lipinski definition) is 1. The van der Waals surface area contributed by atoms with Crippen molar-refractivity contribution in [3.05, 3.63) is 40.3 Å². The third-order valence-corrected chi connectivity index (χ3v) is 3.47. The Morgan fingerprint density at radius 2 is 1.94 bits per heavy atom. The highest BCUT2D eigenvalue weighted by Crippen LogP contribution is 2.21. The van der Waals surface area contributed by atoms with Crippen molar-refractivity contribution in [2.45, 2.75) is 40.7 Å². The van der Waals surface area contributed by atoms with Crippen molar-refractivity contribution >= 4 is 0 Å². The van der Waals surface area contributed by atoms with E-state index in [1.807, 2.05) is 23.9 Å². The van der Waals surface area contributed by atoms with Crippen molar-refractivity contribution < 1.29 is 0 Å². The summed E-state index contributed by atoms with van der Waals surface area (Å²) >= 11 is 0. The number of hydrogen-bond acceptors (Lipinski definition) is 3. The first kappa shape index (κ1) is 12.8. The Bertz CT molecular complexity index is 569. The van der Waals surface area contributed by atoms with Crippen LogP contribution < -0.4 is 5.73 Å². The molecular formula is C14H20N4. The zero-order valence-corrected chi connectivity index (χ0v) is 11.5. The molecule has 96 valence electrons. The maximum absolute atomic E-state index is 5.84. The molecule has 0 bridgehead atoms. The van der Waals surface area contributed by atoms with Gasteiger partial charge in [-0.2, -0.15) is 5.10 Å². The topological polar surface area (TPSA) is 56.7 Å². The van der Waals surface area contributed by atoms with Gasteiger partial charge >= 0.3 is 0 Å². The summed E-state index contributed by atoms with van der Waals surface area (Å²) in [7, 11) is 0. The third-order valence-electron chi connectivity index (χ3n) is 3.47. The van der Waals surface area contributed by atoms with E-state index in [4.69, 9.17) is 5.73 Å². The van der Waals surface area contributed by atoms with Gasteiger partial charge in [-0.3, -0.25) is 0 Å². The van der Waals surface area contributed by atoms with Crippen LogP contribution >= 0.6 is 0 Å². The fraction of sp³-hybridized carbons (Fsp3) is 0.429. The predicted octanol–water partition coefficient (Wildman–Crippen LogP) is 2.21. The fourth-order valence-electron chi connectivity index (χ4n) is 2.40. The molecule has 0 aliphatic heterocycles. The molecule has 0 fully saturated rings. The Morgan fingerprint density at radius 3 is 2.50 bits per heavy atom. The molecule has 2 heterocycles. The molecule has 0 aliphatic rings. The van der Waals surface area contributed by atoms with Gasteiger partial charge in [0, 0.05) is 24.0 Å². The lowest BCUT2D eigenvalue weighted by Gasteiger charge is -2.11. The number of aromatic nitrogens is 3. The Labute approximate surface area is 108 Å². The minimum atomic E-state index is 0.481. The lowest BCUT2D eigenvalue weighted by Crippen LogP contribution is -2.11. The van der Waals surface area contributed by atoms with Gasteiger partial charge in [-0.25, -0.2) is 9.67 Å². The molecule has 2 N–H and O–H groups in total. The average molecular weight is 244 g/mol. The summed E-state index contributed by atoms with van der Waals surface area (Å²) in [5.74, 6) is 0.859. The Hall–Kier alpha value is -1.68. The minimum Gasteiger partial charge on any atom is -0.326 e. The molecule has 0 spiro atoms. The monoisotopic (exact) mass is 244 g/mol. The van der Waals surface area contributed by atoms with Crippen LogP contribution in [0.2, 0.25) is 0 Å². The zero-order chi connectivity index (χ0) is 13.3. The second kappa shape index (κ2) is 4.90. The summed E-state index contributed by atoms with van der Waals surface area (Å²) in [5, 5.41) is 4.60. The molecule has 0 unspecified atom stereocenters. The second-order valence-electron chi connectivity index (χ2n) is 4.55. The first-order valence-electron chi connectivity index (χ1n) is 6.30.